The molecular weight excluding hydrogens is 384 g/mol. The van der Waals surface area contributed by atoms with Crippen LogP contribution in [0, 0.1) is 17.3 Å². The van der Waals surface area contributed by atoms with Crippen molar-refractivity contribution in [3.8, 4) is 0 Å². The van der Waals surface area contributed by atoms with Crippen molar-refractivity contribution in [3.63, 3.8) is 0 Å². The highest BCUT2D eigenvalue weighted by Gasteiger charge is 2.61. The second kappa shape index (κ2) is 7.62. The molecule has 2 bridgehead atoms. The molecule has 1 unspecified atom stereocenters. The number of hydrogen-bond acceptors (Lipinski definition) is 2. The Morgan fingerprint density at radius 1 is 1.03 bits per heavy atom. The minimum atomic E-state index is -2.62. The van der Waals surface area contributed by atoms with Gasteiger partial charge in [-0.3, -0.25) is 4.79 Å². The van der Waals surface area contributed by atoms with Gasteiger partial charge in [-0.05, 0) is 41.1 Å². The molecule has 2 aromatic carbocycles. The zero-order valence-electron chi connectivity index (χ0n) is 18.8. The van der Waals surface area contributed by atoms with E-state index in [0.717, 1.165) is 18.4 Å². The largest absolute Gasteiger partial charge is 0.406 e. The fourth-order valence-electron chi connectivity index (χ4n) is 6.26. The highest BCUT2D eigenvalue weighted by molar-refractivity contribution is 6.99. The normalized spacial score (nSPS) is 26.2. The molecule has 0 amide bonds. The average Bonchev–Trinajstić information content (AvgIpc) is 3.21. The smallest absolute Gasteiger partial charge is 0.261 e. The fraction of sp³-hybridized carbons (Fsp3) is 0.444. The Labute approximate surface area is 182 Å². The van der Waals surface area contributed by atoms with Gasteiger partial charge in [0.15, 0.2) is 0 Å². The predicted molar refractivity (Wildman–Crippen MR) is 127 cm³/mol. The predicted octanol–water partition coefficient (Wildman–Crippen LogP) is 5.12. The zero-order chi connectivity index (χ0) is 21.6. The first-order chi connectivity index (χ1) is 14.2. The van der Waals surface area contributed by atoms with E-state index in [2.05, 4.69) is 94.9 Å². The van der Waals surface area contributed by atoms with Gasteiger partial charge in [0.1, 0.15) is 5.78 Å². The molecule has 2 fully saturated rings. The Morgan fingerprint density at radius 2 is 1.57 bits per heavy atom. The highest BCUT2D eigenvalue weighted by Crippen LogP contribution is 2.60. The summed E-state index contributed by atoms with van der Waals surface area (Å²) >= 11 is 0. The zero-order valence-corrected chi connectivity index (χ0v) is 19.8. The molecule has 2 aliphatic carbocycles. The second-order valence-electron chi connectivity index (χ2n) is 10.3. The number of fused-ring (bicyclic) bond motifs is 2. The van der Waals surface area contributed by atoms with Crippen molar-refractivity contribution in [2.24, 2.45) is 17.3 Å². The first kappa shape index (κ1) is 21.3. The summed E-state index contributed by atoms with van der Waals surface area (Å²) in [5.74, 6) is 0.879. The first-order valence-electron chi connectivity index (χ1n) is 11.2. The maximum atomic E-state index is 12.7. The van der Waals surface area contributed by atoms with Crippen LogP contribution in [-0.4, -0.2) is 20.7 Å². The number of benzene rings is 2. The van der Waals surface area contributed by atoms with Gasteiger partial charge in [0.05, 0.1) is 0 Å². The fourth-order valence-corrected chi connectivity index (χ4v) is 10.9. The van der Waals surface area contributed by atoms with Gasteiger partial charge in [-0.15, -0.1) is 0 Å². The number of ketones is 1. The van der Waals surface area contributed by atoms with E-state index in [-0.39, 0.29) is 16.4 Å². The van der Waals surface area contributed by atoms with Gasteiger partial charge >= 0.3 is 0 Å². The Balaban J connectivity index is 1.84. The van der Waals surface area contributed by atoms with E-state index >= 15 is 0 Å². The van der Waals surface area contributed by atoms with Crippen molar-refractivity contribution in [3.05, 3.63) is 72.8 Å². The molecule has 0 aromatic heterocycles. The van der Waals surface area contributed by atoms with Crippen molar-refractivity contribution < 1.29 is 9.22 Å². The first-order valence-corrected chi connectivity index (χ1v) is 13.1. The van der Waals surface area contributed by atoms with E-state index in [1.54, 1.807) is 0 Å². The van der Waals surface area contributed by atoms with Crippen LogP contribution in [0.15, 0.2) is 72.8 Å². The topological polar surface area (TPSA) is 26.3 Å². The number of hydrogen-bond donors (Lipinski definition) is 0. The van der Waals surface area contributed by atoms with Crippen LogP contribution in [0.4, 0.5) is 0 Å². The van der Waals surface area contributed by atoms with Gasteiger partial charge in [0, 0.05) is 24.4 Å². The van der Waals surface area contributed by atoms with Crippen molar-refractivity contribution in [2.75, 3.05) is 6.61 Å². The molecule has 2 nitrogen and oxygen atoms in total. The molecule has 0 aliphatic heterocycles. The lowest BCUT2D eigenvalue weighted by molar-refractivity contribution is -0.122. The summed E-state index contributed by atoms with van der Waals surface area (Å²) in [7, 11) is -2.62. The Kier molecular flexibility index (Phi) is 5.40. The van der Waals surface area contributed by atoms with Crippen LogP contribution < -0.4 is 10.4 Å². The molecular formula is C27H34O2Si. The monoisotopic (exact) mass is 418 g/mol. The molecule has 0 radical (unpaired) electrons. The summed E-state index contributed by atoms with van der Waals surface area (Å²) in [6, 6.07) is 21.5. The van der Waals surface area contributed by atoms with Crippen molar-refractivity contribution in [1.82, 2.24) is 0 Å². The van der Waals surface area contributed by atoms with E-state index in [1.165, 1.54) is 10.4 Å². The number of rotatable bonds is 6. The average molecular weight is 419 g/mol. The second-order valence-corrected chi connectivity index (χ2v) is 14.6. The number of Topliss-reactive ketones (excluding diaryl/α,β-unsaturated/α-hetero) is 1. The lowest BCUT2D eigenvalue weighted by Gasteiger charge is -2.46. The van der Waals surface area contributed by atoms with Crippen LogP contribution >= 0.6 is 0 Å². The summed E-state index contributed by atoms with van der Waals surface area (Å²) in [6.45, 7) is 14.0. The maximum absolute atomic E-state index is 12.7. The van der Waals surface area contributed by atoms with E-state index in [0.29, 0.717) is 24.7 Å². The summed E-state index contributed by atoms with van der Waals surface area (Å²) < 4.78 is 7.27. The van der Waals surface area contributed by atoms with Crippen LogP contribution in [0.25, 0.3) is 0 Å². The number of carbonyl (C=O) groups excluding carboxylic acids is 1. The lowest BCUT2D eigenvalue weighted by atomic mass is 9.73. The molecule has 0 heterocycles. The molecule has 0 spiro atoms. The molecule has 3 atom stereocenters. The Hall–Kier alpha value is -1.97. The molecule has 0 N–H and O–H groups in total. The third-order valence-electron chi connectivity index (χ3n) is 7.73. The standard InChI is InChI=1S/C27H34O2Si/c1-20(2)27(21-16-17-24(27)25(28)18-21)19-29-30(26(3,4)5,22-12-8-6-9-13-22)23-14-10-7-11-15-23/h6-15,21,24H,1,16-19H2,2-5H3/t21-,24+,27?/m1/s1. The molecule has 2 saturated carbocycles. The molecule has 0 saturated heterocycles. The SMILES string of the molecule is C=C(C)C1(CO[Si](c2ccccc2)(c2ccccc2)C(C)(C)C)[C@@H]2CC[C@H]1C(=O)C2. The molecule has 3 heteroatoms. The number of carbonyl (C=O) groups is 1. The van der Waals surface area contributed by atoms with E-state index in [4.69, 9.17) is 4.43 Å². The highest BCUT2D eigenvalue weighted by atomic mass is 28.4. The van der Waals surface area contributed by atoms with Crippen LogP contribution in [0.1, 0.15) is 47.0 Å². The molecule has 2 aromatic rings. The van der Waals surface area contributed by atoms with Gasteiger partial charge in [-0.1, -0.05) is 93.6 Å². The van der Waals surface area contributed by atoms with E-state index in [9.17, 15) is 4.79 Å². The van der Waals surface area contributed by atoms with Crippen LogP contribution in [0.3, 0.4) is 0 Å². The van der Waals surface area contributed by atoms with Crippen LogP contribution in [-0.2, 0) is 9.22 Å². The van der Waals surface area contributed by atoms with Gasteiger partial charge in [-0.2, -0.15) is 0 Å². The minimum absolute atomic E-state index is 0.0619. The molecule has 4 rings (SSSR count). The van der Waals surface area contributed by atoms with Gasteiger partial charge in [0.25, 0.3) is 8.32 Å². The van der Waals surface area contributed by atoms with Crippen molar-refractivity contribution in [2.45, 2.75) is 52.0 Å². The van der Waals surface area contributed by atoms with E-state index < -0.39 is 8.32 Å². The van der Waals surface area contributed by atoms with Crippen LogP contribution in [0.5, 0.6) is 0 Å². The Bertz CT molecular complexity index is 889. The summed E-state index contributed by atoms with van der Waals surface area (Å²) in [4.78, 5) is 12.7. The van der Waals surface area contributed by atoms with E-state index in [1.807, 2.05) is 0 Å². The summed E-state index contributed by atoms with van der Waals surface area (Å²) in [6.07, 6.45) is 2.80. The minimum Gasteiger partial charge on any atom is -0.406 e. The Morgan fingerprint density at radius 3 is 1.93 bits per heavy atom. The quantitative estimate of drug-likeness (QED) is 0.480. The van der Waals surface area contributed by atoms with Crippen LogP contribution in [0.2, 0.25) is 5.04 Å². The third kappa shape index (κ3) is 3.06. The third-order valence-corrected chi connectivity index (χ3v) is 12.7. The maximum Gasteiger partial charge on any atom is 0.261 e. The molecule has 158 valence electrons. The summed E-state index contributed by atoms with van der Waals surface area (Å²) in [5.41, 5.74) is 0.920. The molecule has 2 aliphatic rings. The molecule has 30 heavy (non-hydrogen) atoms. The lowest BCUT2D eigenvalue weighted by Crippen LogP contribution is -2.67. The van der Waals surface area contributed by atoms with Gasteiger partial charge in [-0.25, -0.2) is 0 Å². The van der Waals surface area contributed by atoms with Gasteiger partial charge in [0.2, 0.25) is 0 Å². The van der Waals surface area contributed by atoms with Crippen molar-refractivity contribution in [1.29, 1.82) is 0 Å². The summed E-state index contributed by atoms with van der Waals surface area (Å²) in [5, 5.41) is 2.52. The van der Waals surface area contributed by atoms with Gasteiger partial charge < -0.3 is 4.43 Å². The van der Waals surface area contributed by atoms with Crippen molar-refractivity contribution >= 4 is 24.5 Å².